The van der Waals surface area contributed by atoms with Gasteiger partial charge in [-0.25, -0.2) is 9.97 Å². The summed E-state index contributed by atoms with van der Waals surface area (Å²) in [4.78, 5) is 19.4. The van der Waals surface area contributed by atoms with Crippen molar-refractivity contribution in [3.63, 3.8) is 0 Å². The molecule has 0 bridgehead atoms. The molecule has 1 amide bonds. The van der Waals surface area contributed by atoms with Gasteiger partial charge >= 0.3 is 6.18 Å². The number of nitrogens with zero attached hydrogens (tertiary/aromatic N) is 3. The van der Waals surface area contributed by atoms with Crippen LogP contribution in [0.5, 0.6) is 0 Å². The first kappa shape index (κ1) is 17.4. The maximum atomic E-state index is 12.7. The van der Waals surface area contributed by atoms with E-state index >= 15 is 0 Å². The first-order chi connectivity index (χ1) is 11.3. The lowest BCUT2D eigenvalue weighted by Gasteiger charge is -2.09. The molecule has 0 aliphatic rings. The lowest BCUT2D eigenvalue weighted by molar-refractivity contribution is -0.141. The molecule has 1 aromatic heterocycles. The fourth-order valence-corrected chi connectivity index (χ4v) is 2.01. The lowest BCUT2D eigenvalue weighted by Crippen LogP contribution is -2.26. The highest BCUT2D eigenvalue weighted by Crippen LogP contribution is 2.27. The third-order valence-corrected chi connectivity index (χ3v) is 3.08. The summed E-state index contributed by atoms with van der Waals surface area (Å²) in [6.07, 6.45) is -4.47. The van der Waals surface area contributed by atoms with Crippen LogP contribution >= 0.6 is 0 Å². The molecule has 0 aliphatic heterocycles. The Morgan fingerprint density at radius 1 is 1.29 bits per heavy atom. The zero-order valence-electron chi connectivity index (χ0n) is 12.7. The lowest BCUT2D eigenvalue weighted by atomic mass is 10.1. The molecule has 0 saturated carbocycles. The van der Waals surface area contributed by atoms with Crippen LogP contribution in [0.2, 0.25) is 0 Å². The summed E-state index contributed by atoms with van der Waals surface area (Å²) in [6, 6.07) is 8.91. The molecule has 5 nitrogen and oxygen atoms in total. The summed E-state index contributed by atoms with van der Waals surface area (Å²) < 4.78 is 38.1. The molecule has 0 aliphatic carbocycles. The Kier molecular flexibility index (Phi) is 5.14. The third-order valence-electron chi connectivity index (χ3n) is 3.08. The molecule has 0 saturated heterocycles. The highest BCUT2D eigenvalue weighted by Gasteiger charge is 2.33. The van der Waals surface area contributed by atoms with Gasteiger partial charge < -0.3 is 5.32 Å². The van der Waals surface area contributed by atoms with Crippen LogP contribution in [-0.4, -0.2) is 22.4 Å². The zero-order chi connectivity index (χ0) is 17.7. The summed E-state index contributed by atoms with van der Waals surface area (Å²) in [5, 5.41) is 11.4. The monoisotopic (exact) mass is 334 g/mol. The van der Waals surface area contributed by atoms with Crippen LogP contribution in [0.3, 0.4) is 0 Å². The molecule has 2 aromatic rings. The van der Waals surface area contributed by atoms with Gasteiger partial charge in [-0.3, -0.25) is 4.79 Å². The fourth-order valence-electron chi connectivity index (χ4n) is 2.01. The SMILES string of the molecule is Cc1cc(C(F)(F)F)nc(CCNC(=O)c2cccc(C#N)c2)n1. The highest BCUT2D eigenvalue weighted by atomic mass is 19.4. The van der Waals surface area contributed by atoms with E-state index in [4.69, 9.17) is 5.26 Å². The largest absolute Gasteiger partial charge is 0.433 e. The van der Waals surface area contributed by atoms with Crippen molar-refractivity contribution in [2.24, 2.45) is 0 Å². The third kappa shape index (κ3) is 4.52. The second kappa shape index (κ2) is 7.08. The van der Waals surface area contributed by atoms with Gasteiger partial charge in [0, 0.05) is 24.2 Å². The van der Waals surface area contributed by atoms with Crippen molar-refractivity contribution in [2.75, 3.05) is 6.54 Å². The fraction of sp³-hybridized carbons (Fsp3) is 0.250. The van der Waals surface area contributed by atoms with Crippen LogP contribution in [0, 0.1) is 18.3 Å². The van der Waals surface area contributed by atoms with E-state index in [-0.39, 0.29) is 24.5 Å². The van der Waals surface area contributed by atoms with E-state index < -0.39 is 17.8 Å². The number of aromatic nitrogens is 2. The molecule has 0 fully saturated rings. The van der Waals surface area contributed by atoms with Gasteiger partial charge in [-0.2, -0.15) is 18.4 Å². The minimum atomic E-state index is -4.54. The van der Waals surface area contributed by atoms with Crippen LogP contribution < -0.4 is 5.32 Å². The number of benzene rings is 1. The minimum absolute atomic E-state index is 0.00778. The molecule has 0 spiro atoms. The minimum Gasteiger partial charge on any atom is -0.352 e. The first-order valence-corrected chi connectivity index (χ1v) is 6.99. The van der Waals surface area contributed by atoms with Gasteiger partial charge in [0.1, 0.15) is 11.5 Å². The number of rotatable bonds is 4. The summed E-state index contributed by atoms with van der Waals surface area (Å²) in [5.74, 6) is -0.413. The number of hydrogen-bond acceptors (Lipinski definition) is 4. The molecule has 0 radical (unpaired) electrons. The maximum Gasteiger partial charge on any atom is 0.433 e. The van der Waals surface area contributed by atoms with Crippen LogP contribution in [0.15, 0.2) is 30.3 Å². The van der Waals surface area contributed by atoms with E-state index in [1.54, 1.807) is 18.2 Å². The molecular weight excluding hydrogens is 321 g/mol. The Labute approximate surface area is 136 Å². The summed E-state index contributed by atoms with van der Waals surface area (Å²) >= 11 is 0. The normalized spacial score (nSPS) is 11.0. The van der Waals surface area contributed by atoms with Gasteiger partial charge in [-0.05, 0) is 31.2 Å². The average Bonchev–Trinajstić information content (AvgIpc) is 2.53. The summed E-state index contributed by atoms with van der Waals surface area (Å²) in [6.45, 7) is 1.53. The smallest absolute Gasteiger partial charge is 0.352 e. The van der Waals surface area contributed by atoms with E-state index in [9.17, 15) is 18.0 Å². The van der Waals surface area contributed by atoms with Gasteiger partial charge in [0.25, 0.3) is 5.91 Å². The number of nitriles is 1. The molecule has 0 atom stereocenters. The molecule has 0 unspecified atom stereocenters. The molecule has 1 aromatic carbocycles. The number of amides is 1. The van der Waals surface area contributed by atoms with E-state index in [2.05, 4.69) is 15.3 Å². The molecular formula is C16H13F3N4O. The molecule has 124 valence electrons. The van der Waals surface area contributed by atoms with E-state index in [0.29, 0.717) is 11.1 Å². The predicted octanol–water partition coefficient (Wildman–Crippen LogP) is 2.65. The van der Waals surface area contributed by atoms with Crippen molar-refractivity contribution in [3.8, 4) is 6.07 Å². The highest BCUT2D eigenvalue weighted by molar-refractivity contribution is 5.94. The van der Waals surface area contributed by atoms with E-state index in [1.165, 1.54) is 13.0 Å². The number of alkyl halides is 3. The second-order valence-electron chi connectivity index (χ2n) is 5.01. The number of carbonyl (C=O) groups is 1. The topological polar surface area (TPSA) is 78.7 Å². The molecule has 8 heteroatoms. The van der Waals surface area contributed by atoms with Crippen molar-refractivity contribution in [3.05, 3.63) is 58.7 Å². The average molecular weight is 334 g/mol. The predicted molar refractivity (Wildman–Crippen MR) is 79.0 cm³/mol. The van der Waals surface area contributed by atoms with Gasteiger partial charge in [0.15, 0.2) is 0 Å². The number of carbonyl (C=O) groups excluding carboxylic acids is 1. The number of halogens is 3. The molecule has 24 heavy (non-hydrogen) atoms. The first-order valence-electron chi connectivity index (χ1n) is 6.99. The van der Waals surface area contributed by atoms with Crippen LogP contribution in [0.25, 0.3) is 0 Å². The Morgan fingerprint density at radius 2 is 2.04 bits per heavy atom. The Morgan fingerprint density at radius 3 is 2.71 bits per heavy atom. The summed E-state index contributed by atoms with van der Waals surface area (Å²) in [7, 11) is 0. The van der Waals surface area contributed by atoms with E-state index in [1.807, 2.05) is 6.07 Å². The van der Waals surface area contributed by atoms with Crippen molar-refractivity contribution in [1.29, 1.82) is 5.26 Å². The number of aryl methyl sites for hydroxylation is 1. The molecule has 1 heterocycles. The summed E-state index contributed by atoms with van der Waals surface area (Å²) in [5.41, 5.74) is -0.145. The van der Waals surface area contributed by atoms with Gasteiger partial charge in [0.2, 0.25) is 0 Å². The zero-order valence-corrected chi connectivity index (χ0v) is 12.7. The number of hydrogen-bond donors (Lipinski definition) is 1. The standard InChI is InChI=1S/C16H13F3N4O/c1-10-7-13(16(17,18)19)23-14(22-10)5-6-21-15(24)12-4-2-3-11(8-12)9-20/h2-4,7-8H,5-6H2,1H3,(H,21,24). The van der Waals surface area contributed by atoms with Crippen LogP contribution in [-0.2, 0) is 12.6 Å². The second-order valence-corrected chi connectivity index (χ2v) is 5.01. The number of nitrogens with one attached hydrogen (secondary N) is 1. The van der Waals surface area contributed by atoms with Crippen molar-refractivity contribution >= 4 is 5.91 Å². The van der Waals surface area contributed by atoms with Crippen molar-refractivity contribution in [2.45, 2.75) is 19.5 Å². The van der Waals surface area contributed by atoms with Crippen molar-refractivity contribution < 1.29 is 18.0 Å². The molecule has 2 rings (SSSR count). The van der Waals surface area contributed by atoms with Crippen molar-refractivity contribution in [1.82, 2.24) is 15.3 Å². The Bertz CT molecular complexity index is 797. The van der Waals surface area contributed by atoms with Crippen LogP contribution in [0.4, 0.5) is 13.2 Å². The van der Waals surface area contributed by atoms with Gasteiger partial charge in [0.05, 0.1) is 11.6 Å². The van der Waals surface area contributed by atoms with E-state index in [0.717, 1.165) is 6.07 Å². The quantitative estimate of drug-likeness (QED) is 0.932. The maximum absolute atomic E-state index is 12.7. The van der Waals surface area contributed by atoms with Gasteiger partial charge in [-0.15, -0.1) is 0 Å². The molecule has 1 N–H and O–H groups in total. The van der Waals surface area contributed by atoms with Crippen LogP contribution in [0.1, 0.15) is 33.1 Å². The Hall–Kier alpha value is -2.95. The Balaban J connectivity index is 2.00. The van der Waals surface area contributed by atoms with Gasteiger partial charge in [-0.1, -0.05) is 6.07 Å².